The van der Waals surface area contributed by atoms with Gasteiger partial charge in [-0.15, -0.1) is 0 Å². The van der Waals surface area contributed by atoms with Crippen molar-refractivity contribution in [3.63, 3.8) is 0 Å². The van der Waals surface area contributed by atoms with Crippen LogP contribution in [0.4, 0.5) is 0 Å². The number of aromatic hydroxyl groups is 4. The van der Waals surface area contributed by atoms with Gasteiger partial charge in [0.15, 0.2) is 17.3 Å². The Labute approximate surface area is 150 Å². The van der Waals surface area contributed by atoms with Crippen LogP contribution in [-0.2, 0) is 4.79 Å². The van der Waals surface area contributed by atoms with Crippen molar-refractivity contribution < 1.29 is 30.0 Å². The van der Waals surface area contributed by atoms with Crippen LogP contribution >= 0.6 is 0 Å². The van der Waals surface area contributed by atoms with Crippen LogP contribution in [0.15, 0.2) is 24.3 Å². The van der Waals surface area contributed by atoms with Crippen molar-refractivity contribution in [2.75, 3.05) is 0 Å². The minimum absolute atomic E-state index is 0.150. The average molecular weight is 356 g/mol. The lowest BCUT2D eigenvalue weighted by atomic mass is 9.73. The molecule has 0 heterocycles. The number of phenolic OH excluding ortho intramolecular Hbond substituents is 4. The van der Waals surface area contributed by atoms with E-state index in [1.165, 1.54) is 6.07 Å². The Morgan fingerprint density at radius 3 is 2.31 bits per heavy atom. The van der Waals surface area contributed by atoms with Crippen molar-refractivity contribution in [2.24, 2.45) is 0 Å². The van der Waals surface area contributed by atoms with Gasteiger partial charge in [-0.05, 0) is 12.0 Å². The van der Waals surface area contributed by atoms with E-state index in [0.717, 1.165) is 12.8 Å². The summed E-state index contributed by atoms with van der Waals surface area (Å²) in [5.74, 6) is -5.34. The molecule has 0 saturated heterocycles. The molecule has 4 N–H and O–H groups in total. The molecule has 2 aromatic rings. The van der Waals surface area contributed by atoms with Gasteiger partial charge in [-0.25, -0.2) is 0 Å². The molecule has 0 bridgehead atoms. The second-order valence-electron chi connectivity index (χ2n) is 6.46. The van der Waals surface area contributed by atoms with Crippen LogP contribution < -0.4 is 0 Å². The standard InChI is InChI=1S/C20H20O6/c1-2-3-4-9-12(21)13-10-7-5-6-8-11(10)16(22)15-14(13)17(23)19(25)20(26)18(15)24/h5-8,13,23-26H,2-4,9H2,1H3. The van der Waals surface area contributed by atoms with Crippen molar-refractivity contribution >= 4 is 11.6 Å². The van der Waals surface area contributed by atoms with Crippen LogP contribution in [0, 0.1) is 0 Å². The van der Waals surface area contributed by atoms with Gasteiger partial charge in [-0.3, -0.25) is 9.59 Å². The maximum absolute atomic E-state index is 12.9. The number of rotatable bonds is 5. The van der Waals surface area contributed by atoms with Crippen LogP contribution in [0.25, 0.3) is 0 Å². The first-order valence-electron chi connectivity index (χ1n) is 8.56. The number of carbonyl (C=O) groups excluding carboxylic acids is 2. The van der Waals surface area contributed by atoms with E-state index >= 15 is 0 Å². The largest absolute Gasteiger partial charge is 0.504 e. The Hall–Kier alpha value is -3.02. The van der Waals surface area contributed by atoms with E-state index in [9.17, 15) is 30.0 Å². The highest BCUT2D eigenvalue weighted by atomic mass is 16.3. The normalized spacial score (nSPS) is 15.4. The number of hydrogen-bond donors (Lipinski definition) is 4. The molecule has 136 valence electrons. The summed E-state index contributed by atoms with van der Waals surface area (Å²) >= 11 is 0. The van der Waals surface area contributed by atoms with Crippen molar-refractivity contribution in [2.45, 2.75) is 38.5 Å². The fourth-order valence-corrected chi connectivity index (χ4v) is 3.50. The molecule has 0 spiro atoms. The number of carbonyl (C=O) groups is 2. The second-order valence-corrected chi connectivity index (χ2v) is 6.46. The highest BCUT2D eigenvalue weighted by Gasteiger charge is 2.41. The number of hydrogen-bond acceptors (Lipinski definition) is 6. The summed E-state index contributed by atoms with van der Waals surface area (Å²) in [4.78, 5) is 25.7. The zero-order chi connectivity index (χ0) is 19.0. The smallest absolute Gasteiger partial charge is 0.205 e. The molecular weight excluding hydrogens is 336 g/mol. The van der Waals surface area contributed by atoms with E-state index in [1.54, 1.807) is 18.2 Å². The lowest BCUT2D eigenvalue weighted by Gasteiger charge is -2.28. The predicted molar refractivity (Wildman–Crippen MR) is 94.0 cm³/mol. The Bertz CT molecular complexity index is 900. The lowest BCUT2D eigenvalue weighted by Crippen LogP contribution is -2.25. The van der Waals surface area contributed by atoms with E-state index in [-0.39, 0.29) is 28.9 Å². The monoisotopic (exact) mass is 356 g/mol. The molecule has 0 radical (unpaired) electrons. The quantitative estimate of drug-likeness (QED) is 0.371. The number of fused-ring (bicyclic) bond motifs is 2. The number of Topliss-reactive ketones (excluding diaryl/α,β-unsaturated/α-hetero) is 1. The molecule has 3 rings (SSSR count). The number of benzene rings is 2. The molecule has 1 aliphatic carbocycles. The van der Waals surface area contributed by atoms with Crippen molar-refractivity contribution in [3.8, 4) is 23.0 Å². The highest BCUT2D eigenvalue weighted by Crippen LogP contribution is 2.54. The van der Waals surface area contributed by atoms with Gasteiger partial charge in [0.25, 0.3) is 0 Å². The first-order chi connectivity index (χ1) is 12.4. The van der Waals surface area contributed by atoms with E-state index in [0.29, 0.717) is 12.0 Å². The first-order valence-corrected chi connectivity index (χ1v) is 8.56. The fraction of sp³-hybridized carbons (Fsp3) is 0.300. The molecule has 2 aromatic carbocycles. The van der Waals surface area contributed by atoms with E-state index in [2.05, 4.69) is 0 Å². The maximum Gasteiger partial charge on any atom is 0.205 e. The molecule has 1 atom stereocenters. The van der Waals surface area contributed by atoms with Crippen LogP contribution in [0.2, 0.25) is 0 Å². The molecular formula is C20H20O6. The summed E-state index contributed by atoms with van der Waals surface area (Å²) in [5.41, 5.74) is 0.160. The van der Waals surface area contributed by atoms with Gasteiger partial charge < -0.3 is 20.4 Å². The van der Waals surface area contributed by atoms with E-state index < -0.39 is 34.7 Å². The molecule has 6 heteroatoms. The molecule has 1 aliphatic rings. The number of unbranched alkanes of at least 4 members (excludes halogenated alkanes) is 2. The number of ketones is 2. The summed E-state index contributed by atoms with van der Waals surface area (Å²) in [6.07, 6.45) is 2.70. The van der Waals surface area contributed by atoms with Crippen LogP contribution in [0.3, 0.4) is 0 Å². The van der Waals surface area contributed by atoms with Crippen LogP contribution in [0.5, 0.6) is 23.0 Å². The fourth-order valence-electron chi connectivity index (χ4n) is 3.50. The molecule has 6 nitrogen and oxygen atoms in total. The van der Waals surface area contributed by atoms with Gasteiger partial charge >= 0.3 is 0 Å². The van der Waals surface area contributed by atoms with Gasteiger partial charge in [-0.1, -0.05) is 44.0 Å². The average Bonchev–Trinajstić information content (AvgIpc) is 2.64. The zero-order valence-electron chi connectivity index (χ0n) is 14.3. The minimum atomic E-state index is -0.992. The molecule has 0 fully saturated rings. The third-order valence-corrected chi connectivity index (χ3v) is 4.82. The highest BCUT2D eigenvalue weighted by molar-refractivity contribution is 6.18. The Morgan fingerprint density at radius 1 is 0.962 bits per heavy atom. The van der Waals surface area contributed by atoms with Crippen LogP contribution in [0.1, 0.15) is 65.6 Å². The molecule has 26 heavy (non-hydrogen) atoms. The Balaban J connectivity index is 2.24. The van der Waals surface area contributed by atoms with Crippen LogP contribution in [-0.4, -0.2) is 32.0 Å². The minimum Gasteiger partial charge on any atom is -0.504 e. The molecule has 0 amide bonds. The third kappa shape index (κ3) is 2.58. The molecule has 1 unspecified atom stereocenters. The van der Waals surface area contributed by atoms with Gasteiger partial charge in [0.2, 0.25) is 11.5 Å². The Kier molecular flexibility index (Phi) is 4.59. The Morgan fingerprint density at radius 2 is 1.62 bits per heavy atom. The molecule has 0 saturated carbocycles. The van der Waals surface area contributed by atoms with E-state index in [1.807, 2.05) is 6.92 Å². The summed E-state index contributed by atoms with van der Waals surface area (Å²) in [7, 11) is 0. The predicted octanol–water partition coefficient (Wildman–Crippen LogP) is 3.33. The van der Waals surface area contributed by atoms with E-state index in [4.69, 9.17) is 0 Å². The summed E-state index contributed by atoms with van der Waals surface area (Å²) in [5, 5.41) is 40.3. The van der Waals surface area contributed by atoms with Crippen molar-refractivity contribution in [3.05, 3.63) is 46.5 Å². The van der Waals surface area contributed by atoms with Crippen molar-refractivity contribution in [1.82, 2.24) is 0 Å². The number of phenols is 4. The summed E-state index contributed by atoms with van der Waals surface area (Å²) in [6, 6.07) is 6.48. The first kappa shape index (κ1) is 17.8. The summed E-state index contributed by atoms with van der Waals surface area (Å²) < 4.78 is 0. The van der Waals surface area contributed by atoms with Gasteiger partial charge in [0.1, 0.15) is 5.78 Å². The molecule has 0 aliphatic heterocycles. The topological polar surface area (TPSA) is 115 Å². The van der Waals surface area contributed by atoms with Gasteiger partial charge in [-0.2, -0.15) is 0 Å². The SMILES string of the molecule is CCCCCC(=O)C1c2ccccc2C(=O)c2c(O)c(O)c(O)c(O)c21. The zero-order valence-corrected chi connectivity index (χ0v) is 14.3. The summed E-state index contributed by atoms with van der Waals surface area (Å²) in [6.45, 7) is 2.01. The second kappa shape index (κ2) is 6.71. The van der Waals surface area contributed by atoms with Crippen molar-refractivity contribution in [1.29, 1.82) is 0 Å². The third-order valence-electron chi connectivity index (χ3n) is 4.82. The van der Waals surface area contributed by atoms with Gasteiger partial charge in [0, 0.05) is 17.5 Å². The maximum atomic E-state index is 12.9. The molecule has 0 aromatic heterocycles. The lowest BCUT2D eigenvalue weighted by molar-refractivity contribution is -0.119. The van der Waals surface area contributed by atoms with Gasteiger partial charge in [0.05, 0.1) is 11.5 Å².